The van der Waals surface area contributed by atoms with Gasteiger partial charge in [0.15, 0.2) is 11.5 Å². The molecule has 1 amide bonds. The molecule has 0 fully saturated rings. The minimum atomic E-state index is -0.591. The van der Waals surface area contributed by atoms with Gasteiger partial charge >= 0.3 is 12.1 Å². The van der Waals surface area contributed by atoms with Crippen LogP contribution in [0.5, 0.6) is 40.5 Å². The van der Waals surface area contributed by atoms with E-state index in [1.807, 2.05) is 75.4 Å². The lowest BCUT2D eigenvalue weighted by Gasteiger charge is -2.27. The smallest absolute Gasteiger partial charge is 0.410 e. The van der Waals surface area contributed by atoms with Crippen LogP contribution in [0.25, 0.3) is 5.65 Å². The van der Waals surface area contributed by atoms with E-state index in [2.05, 4.69) is 11.8 Å². The van der Waals surface area contributed by atoms with Crippen molar-refractivity contribution in [2.75, 3.05) is 67.3 Å². The fourth-order valence-electron chi connectivity index (χ4n) is 6.62. The average molecular weight is 845 g/mol. The van der Waals surface area contributed by atoms with Crippen molar-refractivity contribution in [1.82, 2.24) is 24.5 Å². The summed E-state index contributed by atoms with van der Waals surface area (Å²) in [7, 11) is 9.75. The zero-order valence-corrected chi connectivity index (χ0v) is 37.0. The highest BCUT2D eigenvalue weighted by atomic mass is 16.6. The SMILES string of the molecule is CCC[C@H](CCO)Oc1nc(N(Cc2ccc(OC)cc2OC)Cc2ccc(OC)cc2OC)c2ncc(Cc3ccc(OCCN(C)C(=O)OC(C)(C)C)cc3OC)n2n1. The lowest BCUT2D eigenvalue weighted by atomic mass is 10.1. The standard InChI is InChI=1S/C45H60N6O10/c1-11-12-34(19-21-52)60-43-47-42(50(28-31-14-16-35(54-6)24-39(31)57-9)29-32-15-17-36(55-7)25-40(32)58-10)41-46-27-33(51(41)48-43)23-30-13-18-37(26-38(30)56-8)59-22-20-49(5)44(53)61-45(2,3)4/h13-18,24-27,34,52H,11-12,19-23,28-29H2,1-10H3/t34-/m1/s1. The van der Waals surface area contributed by atoms with Crippen molar-refractivity contribution in [3.63, 3.8) is 0 Å². The summed E-state index contributed by atoms with van der Waals surface area (Å²) in [5.74, 6) is 4.28. The predicted octanol–water partition coefficient (Wildman–Crippen LogP) is 7.14. The highest BCUT2D eigenvalue weighted by Gasteiger charge is 2.25. The number of methoxy groups -OCH3 is 5. The van der Waals surface area contributed by atoms with Gasteiger partial charge in [-0.3, -0.25) is 0 Å². The van der Waals surface area contributed by atoms with Crippen molar-refractivity contribution < 1.29 is 47.8 Å². The van der Waals surface area contributed by atoms with Crippen LogP contribution in [0.4, 0.5) is 10.6 Å². The lowest BCUT2D eigenvalue weighted by Crippen LogP contribution is -2.36. The molecule has 0 aliphatic carbocycles. The Hall–Kier alpha value is -6.16. The maximum Gasteiger partial charge on any atom is 0.410 e. The van der Waals surface area contributed by atoms with Crippen LogP contribution < -0.4 is 38.1 Å². The second kappa shape index (κ2) is 21.4. The summed E-state index contributed by atoms with van der Waals surface area (Å²) >= 11 is 0. The Morgan fingerprint density at radius 3 is 1.93 bits per heavy atom. The molecular weight excluding hydrogens is 785 g/mol. The molecule has 0 bridgehead atoms. The maximum atomic E-state index is 12.4. The van der Waals surface area contributed by atoms with Crippen LogP contribution in [-0.4, -0.2) is 110 Å². The Bertz CT molecular complexity index is 2140. The number of benzene rings is 3. The summed E-state index contributed by atoms with van der Waals surface area (Å²) in [6, 6.07) is 17.1. The average Bonchev–Trinajstić information content (AvgIpc) is 3.65. The molecule has 2 heterocycles. The summed E-state index contributed by atoms with van der Waals surface area (Å²) in [6.45, 7) is 8.77. The van der Waals surface area contributed by atoms with E-state index >= 15 is 0 Å². The fraction of sp³-hybridized carbons (Fsp3) is 0.467. The van der Waals surface area contributed by atoms with Gasteiger partial charge in [0.25, 0.3) is 0 Å². The van der Waals surface area contributed by atoms with Gasteiger partial charge < -0.3 is 52.8 Å². The van der Waals surface area contributed by atoms with Crippen LogP contribution in [0.15, 0.2) is 60.8 Å². The molecule has 1 atom stereocenters. The van der Waals surface area contributed by atoms with Gasteiger partial charge in [-0.05, 0) is 57.5 Å². The minimum absolute atomic E-state index is 0.0449. The molecule has 5 aromatic rings. The monoisotopic (exact) mass is 844 g/mol. The van der Waals surface area contributed by atoms with Crippen molar-refractivity contribution in [2.24, 2.45) is 0 Å². The molecule has 0 saturated heterocycles. The number of aliphatic hydroxyl groups excluding tert-OH is 1. The summed E-state index contributed by atoms with van der Waals surface area (Å²) in [5.41, 5.74) is 3.24. The Labute approximate surface area is 358 Å². The van der Waals surface area contributed by atoms with Crippen LogP contribution in [-0.2, 0) is 24.2 Å². The summed E-state index contributed by atoms with van der Waals surface area (Å²) in [5, 5.41) is 14.8. The van der Waals surface area contributed by atoms with E-state index in [9.17, 15) is 9.90 Å². The molecule has 1 N–H and O–H groups in total. The van der Waals surface area contributed by atoms with E-state index in [0.29, 0.717) is 84.9 Å². The first-order valence-electron chi connectivity index (χ1n) is 20.3. The van der Waals surface area contributed by atoms with Gasteiger partial charge in [-0.1, -0.05) is 19.4 Å². The predicted molar refractivity (Wildman–Crippen MR) is 231 cm³/mol. The largest absolute Gasteiger partial charge is 0.497 e. The van der Waals surface area contributed by atoms with Crippen LogP contribution in [0.2, 0.25) is 0 Å². The molecule has 0 saturated carbocycles. The number of anilines is 1. The van der Waals surface area contributed by atoms with Gasteiger partial charge in [0, 0.05) is 74.5 Å². The van der Waals surface area contributed by atoms with Crippen molar-refractivity contribution in [2.45, 2.75) is 78.2 Å². The van der Waals surface area contributed by atoms with Gasteiger partial charge in [-0.25, -0.2) is 14.3 Å². The van der Waals surface area contributed by atoms with Gasteiger partial charge in [0.2, 0.25) is 0 Å². The number of likely N-dealkylation sites (N-methyl/N-ethyl adjacent to an activating group) is 1. The fourth-order valence-corrected chi connectivity index (χ4v) is 6.62. The highest BCUT2D eigenvalue weighted by Crippen LogP contribution is 2.34. The molecule has 330 valence electrons. The molecule has 61 heavy (non-hydrogen) atoms. The number of carbonyl (C=O) groups excluding carboxylic acids is 1. The maximum absolute atomic E-state index is 12.4. The first-order chi connectivity index (χ1) is 29.3. The number of amides is 1. The van der Waals surface area contributed by atoms with Crippen molar-refractivity contribution in [3.8, 4) is 40.5 Å². The molecular formula is C45H60N6O10. The highest BCUT2D eigenvalue weighted by molar-refractivity contribution is 5.68. The van der Waals surface area contributed by atoms with E-state index in [0.717, 1.165) is 28.8 Å². The number of rotatable bonds is 22. The van der Waals surface area contributed by atoms with E-state index in [1.54, 1.807) is 53.3 Å². The van der Waals surface area contributed by atoms with Crippen LogP contribution in [0.3, 0.4) is 0 Å². The first-order valence-corrected chi connectivity index (χ1v) is 20.3. The Balaban J connectivity index is 1.55. The molecule has 0 radical (unpaired) electrons. The third kappa shape index (κ3) is 12.2. The number of hydrogen-bond donors (Lipinski definition) is 1. The van der Waals surface area contributed by atoms with Crippen LogP contribution in [0.1, 0.15) is 69.3 Å². The van der Waals surface area contributed by atoms with Gasteiger partial charge in [-0.2, -0.15) is 4.98 Å². The zero-order valence-electron chi connectivity index (χ0n) is 37.0. The molecule has 3 aromatic carbocycles. The van der Waals surface area contributed by atoms with Gasteiger partial charge in [0.05, 0.1) is 54.0 Å². The number of fused-ring (bicyclic) bond motifs is 1. The molecule has 16 heteroatoms. The lowest BCUT2D eigenvalue weighted by molar-refractivity contribution is 0.0278. The third-order valence-corrected chi connectivity index (χ3v) is 9.77. The second-order valence-corrected chi connectivity index (χ2v) is 15.4. The molecule has 2 aromatic heterocycles. The summed E-state index contributed by atoms with van der Waals surface area (Å²) in [6.07, 6.45) is 3.38. The van der Waals surface area contributed by atoms with E-state index in [-0.39, 0.29) is 25.3 Å². The number of nitrogens with zero attached hydrogens (tertiary/aromatic N) is 6. The molecule has 16 nitrogen and oxygen atoms in total. The summed E-state index contributed by atoms with van der Waals surface area (Å²) < 4.78 is 48.2. The van der Waals surface area contributed by atoms with Crippen molar-refractivity contribution >= 4 is 17.6 Å². The van der Waals surface area contributed by atoms with Gasteiger partial charge in [0.1, 0.15) is 52.8 Å². The number of ether oxygens (including phenoxy) is 8. The number of aromatic nitrogens is 4. The molecule has 0 aliphatic heterocycles. The van der Waals surface area contributed by atoms with E-state index in [4.69, 9.17) is 53.0 Å². The molecule has 5 rings (SSSR count). The zero-order chi connectivity index (χ0) is 44.1. The normalized spacial score (nSPS) is 11.8. The number of hydrogen-bond acceptors (Lipinski definition) is 14. The number of carbonyl (C=O) groups is 1. The van der Waals surface area contributed by atoms with Crippen molar-refractivity contribution in [1.29, 1.82) is 0 Å². The molecule has 0 aliphatic rings. The topological polar surface area (TPSA) is 161 Å². The Morgan fingerprint density at radius 1 is 0.803 bits per heavy atom. The second-order valence-electron chi connectivity index (χ2n) is 15.4. The molecule has 0 unspecified atom stereocenters. The minimum Gasteiger partial charge on any atom is -0.497 e. The number of aliphatic hydroxyl groups is 1. The Kier molecular flexibility index (Phi) is 16.1. The number of imidazole rings is 1. The van der Waals surface area contributed by atoms with Crippen molar-refractivity contribution in [3.05, 3.63) is 83.2 Å². The Morgan fingerprint density at radius 2 is 1.38 bits per heavy atom. The van der Waals surface area contributed by atoms with E-state index in [1.165, 1.54) is 4.90 Å². The van der Waals surface area contributed by atoms with E-state index < -0.39 is 11.7 Å². The van der Waals surface area contributed by atoms with Crippen LogP contribution >= 0.6 is 0 Å². The quantitative estimate of drug-likeness (QED) is 0.0749. The van der Waals surface area contributed by atoms with Gasteiger partial charge in [-0.15, -0.1) is 5.10 Å². The summed E-state index contributed by atoms with van der Waals surface area (Å²) in [4.78, 5) is 25.9. The first kappa shape index (κ1) is 45.9. The molecule has 0 spiro atoms. The van der Waals surface area contributed by atoms with Crippen LogP contribution in [0, 0.1) is 0 Å². The third-order valence-electron chi connectivity index (χ3n) is 9.77.